The van der Waals surface area contributed by atoms with Gasteiger partial charge in [0, 0.05) is 5.69 Å². The maximum atomic E-state index is 12.3. The highest BCUT2D eigenvalue weighted by molar-refractivity contribution is 9.09. The number of nitrogens with zero attached hydrogens (tertiary/aromatic N) is 1. The molecule has 2 atom stereocenters. The predicted molar refractivity (Wildman–Crippen MR) is 120 cm³/mol. The van der Waals surface area contributed by atoms with Crippen molar-refractivity contribution in [3.05, 3.63) is 59.7 Å². The first-order valence-electron chi connectivity index (χ1n) is 10.1. The monoisotopic (exact) mass is 505 g/mol. The van der Waals surface area contributed by atoms with E-state index in [1.54, 1.807) is 36.4 Å². The van der Waals surface area contributed by atoms with Gasteiger partial charge in [-0.2, -0.15) is 0 Å². The summed E-state index contributed by atoms with van der Waals surface area (Å²) in [6.45, 7) is 2.43. The molecular formula is C23H24BrNO7. The number of cyclic esters (lactones) is 1. The molecule has 1 saturated heterocycles. The van der Waals surface area contributed by atoms with Crippen LogP contribution in [0.5, 0.6) is 5.75 Å². The van der Waals surface area contributed by atoms with E-state index in [0.29, 0.717) is 30.0 Å². The Bertz CT molecular complexity index is 946. The average Bonchev–Trinajstić information content (AvgIpc) is 3.19. The molecule has 3 rings (SSSR count). The van der Waals surface area contributed by atoms with E-state index in [-0.39, 0.29) is 24.0 Å². The standard InChI is InChI=1S/C23H24BrNO7/c1-3-20(22(27)31-14-24)15-4-8-17(9-5-15)25-12-19(32-23(25)28)13-30-18-10-6-16(7-11-18)21(26)29-2/h4-11,19-20H,3,12-14H2,1-2H3. The number of rotatable bonds is 9. The number of carbonyl (C=O) groups excluding carboxylic acids is 3. The van der Waals surface area contributed by atoms with Crippen molar-refractivity contribution in [1.29, 1.82) is 0 Å². The van der Waals surface area contributed by atoms with Crippen molar-refractivity contribution in [2.45, 2.75) is 25.4 Å². The number of benzene rings is 2. The molecule has 0 saturated carbocycles. The average molecular weight is 506 g/mol. The van der Waals surface area contributed by atoms with Crippen LogP contribution in [0.25, 0.3) is 0 Å². The summed E-state index contributed by atoms with van der Waals surface area (Å²) in [5, 5.41) is 0. The van der Waals surface area contributed by atoms with Crippen LogP contribution in [-0.4, -0.2) is 49.9 Å². The molecule has 8 nitrogen and oxygen atoms in total. The van der Waals surface area contributed by atoms with Gasteiger partial charge in [-0.05, 0) is 64.3 Å². The molecule has 0 aliphatic carbocycles. The smallest absolute Gasteiger partial charge is 0.414 e. The fourth-order valence-electron chi connectivity index (χ4n) is 3.39. The van der Waals surface area contributed by atoms with Gasteiger partial charge in [0.25, 0.3) is 0 Å². The summed E-state index contributed by atoms with van der Waals surface area (Å²) in [5.74, 6) is -0.529. The molecule has 170 valence electrons. The Hall–Kier alpha value is -3.07. The summed E-state index contributed by atoms with van der Waals surface area (Å²) >= 11 is 3.10. The van der Waals surface area contributed by atoms with E-state index < -0.39 is 18.2 Å². The Morgan fingerprint density at radius 3 is 2.44 bits per heavy atom. The van der Waals surface area contributed by atoms with Gasteiger partial charge in [0.2, 0.25) is 0 Å². The van der Waals surface area contributed by atoms with Crippen LogP contribution in [0.15, 0.2) is 48.5 Å². The Balaban J connectivity index is 1.58. The van der Waals surface area contributed by atoms with Gasteiger partial charge in [-0.15, -0.1) is 0 Å². The third-order valence-corrected chi connectivity index (χ3v) is 5.31. The molecule has 1 fully saturated rings. The van der Waals surface area contributed by atoms with Gasteiger partial charge in [-0.25, -0.2) is 9.59 Å². The van der Waals surface area contributed by atoms with Gasteiger partial charge in [0.15, 0.2) is 6.10 Å². The lowest BCUT2D eigenvalue weighted by atomic mass is 9.96. The third-order valence-electron chi connectivity index (χ3n) is 5.08. The molecule has 1 amide bonds. The van der Waals surface area contributed by atoms with E-state index in [2.05, 4.69) is 20.7 Å². The zero-order chi connectivity index (χ0) is 23.1. The molecule has 32 heavy (non-hydrogen) atoms. The van der Waals surface area contributed by atoms with E-state index in [4.69, 9.17) is 14.2 Å². The molecule has 1 aliphatic rings. The quantitative estimate of drug-likeness (QED) is 0.285. The second kappa shape index (κ2) is 11.0. The number of hydrogen-bond acceptors (Lipinski definition) is 7. The van der Waals surface area contributed by atoms with Crippen LogP contribution in [0, 0.1) is 0 Å². The van der Waals surface area contributed by atoms with Crippen molar-refractivity contribution < 1.29 is 33.3 Å². The van der Waals surface area contributed by atoms with Crippen LogP contribution in [-0.2, 0) is 19.0 Å². The van der Waals surface area contributed by atoms with Crippen LogP contribution >= 0.6 is 15.9 Å². The zero-order valence-electron chi connectivity index (χ0n) is 17.8. The lowest BCUT2D eigenvalue weighted by Gasteiger charge is -2.17. The lowest BCUT2D eigenvalue weighted by Crippen LogP contribution is -2.26. The molecule has 2 aromatic carbocycles. The highest BCUT2D eigenvalue weighted by Gasteiger charge is 2.33. The van der Waals surface area contributed by atoms with Gasteiger partial charge in [-0.1, -0.05) is 19.1 Å². The van der Waals surface area contributed by atoms with E-state index >= 15 is 0 Å². The maximum absolute atomic E-state index is 12.3. The van der Waals surface area contributed by atoms with E-state index in [1.165, 1.54) is 12.0 Å². The van der Waals surface area contributed by atoms with Crippen LogP contribution in [0.3, 0.4) is 0 Å². The first-order valence-corrected chi connectivity index (χ1v) is 11.2. The molecule has 1 aliphatic heterocycles. The number of amides is 1. The maximum Gasteiger partial charge on any atom is 0.414 e. The van der Waals surface area contributed by atoms with Crippen molar-refractivity contribution in [1.82, 2.24) is 0 Å². The van der Waals surface area contributed by atoms with Crippen LogP contribution in [0.1, 0.15) is 35.2 Å². The predicted octanol–water partition coefficient (Wildman–Crippen LogP) is 4.27. The SMILES string of the molecule is CCC(C(=O)OCBr)c1ccc(N2CC(COc3ccc(C(=O)OC)cc3)OC2=O)cc1. The number of carbonyl (C=O) groups is 3. The van der Waals surface area contributed by atoms with Gasteiger partial charge >= 0.3 is 18.0 Å². The third kappa shape index (κ3) is 5.59. The fourth-order valence-corrected chi connectivity index (χ4v) is 3.62. The number of hydrogen-bond donors (Lipinski definition) is 0. The zero-order valence-corrected chi connectivity index (χ0v) is 19.4. The minimum atomic E-state index is -0.460. The molecule has 1 heterocycles. The number of esters is 2. The highest BCUT2D eigenvalue weighted by Crippen LogP contribution is 2.27. The number of alkyl halides is 1. The lowest BCUT2D eigenvalue weighted by molar-refractivity contribution is -0.143. The van der Waals surface area contributed by atoms with Gasteiger partial charge in [0.05, 0.1) is 25.1 Å². The van der Waals surface area contributed by atoms with Crippen molar-refractivity contribution in [3.8, 4) is 5.75 Å². The summed E-state index contributed by atoms with van der Waals surface area (Å²) < 4.78 is 20.8. The minimum Gasteiger partial charge on any atom is -0.490 e. The topological polar surface area (TPSA) is 91.4 Å². The fraction of sp³-hybridized carbons (Fsp3) is 0.348. The second-order valence-electron chi connectivity index (χ2n) is 7.07. The molecule has 2 unspecified atom stereocenters. The molecule has 0 radical (unpaired) electrons. The normalized spacial score (nSPS) is 16.3. The van der Waals surface area contributed by atoms with Crippen molar-refractivity contribution >= 4 is 39.6 Å². The van der Waals surface area contributed by atoms with Crippen molar-refractivity contribution in [2.75, 3.05) is 30.7 Å². The Labute approximate surface area is 194 Å². The van der Waals surface area contributed by atoms with Gasteiger partial charge in [0.1, 0.15) is 17.9 Å². The highest BCUT2D eigenvalue weighted by atomic mass is 79.9. The molecule has 9 heteroatoms. The van der Waals surface area contributed by atoms with E-state index in [0.717, 1.165) is 5.56 Å². The number of ether oxygens (including phenoxy) is 4. The summed E-state index contributed by atoms with van der Waals surface area (Å²) in [4.78, 5) is 37.4. The molecule has 0 aromatic heterocycles. The van der Waals surface area contributed by atoms with Crippen LogP contribution < -0.4 is 9.64 Å². The number of anilines is 1. The minimum absolute atomic E-state index is 0.152. The largest absolute Gasteiger partial charge is 0.490 e. The Morgan fingerprint density at radius 1 is 1.16 bits per heavy atom. The molecule has 0 bridgehead atoms. The van der Waals surface area contributed by atoms with E-state index in [1.807, 2.05) is 19.1 Å². The second-order valence-corrected chi connectivity index (χ2v) is 7.53. The Morgan fingerprint density at radius 2 is 1.84 bits per heavy atom. The van der Waals surface area contributed by atoms with Gasteiger partial charge in [-0.3, -0.25) is 9.69 Å². The number of methoxy groups -OCH3 is 1. The van der Waals surface area contributed by atoms with Crippen LogP contribution in [0.2, 0.25) is 0 Å². The molecule has 0 spiro atoms. The van der Waals surface area contributed by atoms with Crippen molar-refractivity contribution in [3.63, 3.8) is 0 Å². The Kier molecular flexibility index (Phi) is 8.10. The first kappa shape index (κ1) is 23.6. The molecule has 0 N–H and O–H groups in total. The molecule has 2 aromatic rings. The number of halogens is 1. The van der Waals surface area contributed by atoms with E-state index in [9.17, 15) is 14.4 Å². The summed E-state index contributed by atoms with van der Waals surface area (Å²) in [6, 6.07) is 13.7. The van der Waals surface area contributed by atoms with Crippen molar-refractivity contribution in [2.24, 2.45) is 0 Å². The van der Waals surface area contributed by atoms with Gasteiger partial charge < -0.3 is 18.9 Å². The molecular weight excluding hydrogens is 482 g/mol. The summed E-state index contributed by atoms with van der Waals surface area (Å²) in [6.07, 6.45) is -0.297. The summed E-state index contributed by atoms with van der Waals surface area (Å²) in [7, 11) is 1.32. The summed E-state index contributed by atoms with van der Waals surface area (Å²) in [5.41, 5.74) is 2.07. The first-order chi connectivity index (χ1) is 15.5. The van der Waals surface area contributed by atoms with Crippen LogP contribution in [0.4, 0.5) is 10.5 Å².